The number of carbonyl (C=O) groups is 3. The minimum Gasteiger partial charge on any atom is -0.350 e. The predicted octanol–water partition coefficient (Wildman–Crippen LogP) is 0.0238. The van der Waals surface area contributed by atoms with Crippen molar-refractivity contribution in [3.8, 4) is 0 Å². The summed E-state index contributed by atoms with van der Waals surface area (Å²) in [4.78, 5) is 38.5. The Morgan fingerprint density at radius 2 is 2.10 bits per heavy atom. The van der Waals surface area contributed by atoms with Gasteiger partial charge in [-0.1, -0.05) is 0 Å². The van der Waals surface area contributed by atoms with Crippen molar-refractivity contribution in [2.24, 2.45) is 7.05 Å². The number of imidazole rings is 1. The quantitative estimate of drug-likeness (QED) is 0.689. The van der Waals surface area contributed by atoms with Crippen LogP contribution in [-0.2, 0) is 16.6 Å². The second-order valence-corrected chi connectivity index (χ2v) is 4.59. The number of ketones is 1. The highest BCUT2D eigenvalue weighted by molar-refractivity contribution is 6.36. The van der Waals surface area contributed by atoms with E-state index in [2.05, 4.69) is 15.6 Å². The molecule has 20 heavy (non-hydrogen) atoms. The van der Waals surface area contributed by atoms with Gasteiger partial charge in [0.2, 0.25) is 5.78 Å². The maximum Gasteiger partial charge on any atom is 0.287 e. The van der Waals surface area contributed by atoms with Crippen LogP contribution in [0.25, 0.3) is 0 Å². The Hall–Kier alpha value is -2.18. The predicted molar refractivity (Wildman–Crippen MR) is 73.1 cm³/mol. The molecule has 0 bridgehead atoms. The molecule has 1 atom stereocenters. The van der Waals surface area contributed by atoms with Gasteiger partial charge in [-0.2, -0.15) is 0 Å². The van der Waals surface area contributed by atoms with Crippen LogP contribution >= 0.6 is 0 Å². The molecule has 0 aromatic carbocycles. The van der Waals surface area contributed by atoms with Gasteiger partial charge in [-0.25, -0.2) is 4.98 Å². The molecule has 0 aliphatic heterocycles. The molecule has 2 N–H and O–H groups in total. The number of carbonyl (C=O) groups excluding carboxylic acids is 3. The van der Waals surface area contributed by atoms with E-state index >= 15 is 0 Å². The summed E-state index contributed by atoms with van der Waals surface area (Å²) in [6, 6.07) is -0.198. The number of Topliss-reactive ketones (excluding diaryl/α,β-unsaturated/α-hetero) is 1. The van der Waals surface area contributed by atoms with Crippen LogP contribution in [0.4, 0.5) is 0 Å². The highest BCUT2D eigenvalue weighted by Gasteiger charge is 2.16. The Bertz CT molecular complexity index is 496. The van der Waals surface area contributed by atoms with Gasteiger partial charge in [-0.15, -0.1) is 0 Å². The number of rotatable bonds is 7. The number of amides is 2. The van der Waals surface area contributed by atoms with Crippen molar-refractivity contribution in [1.82, 2.24) is 20.2 Å². The van der Waals surface area contributed by atoms with E-state index in [1.807, 2.05) is 0 Å². The van der Waals surface area contributed by atoms with Crippen LogP contribution in [-0.4, -0.2) is 39.7 Å². The van der Waals surface area contributed by atoms with E-state index in [0.29, 0.717) is 18.7 Å². The third kappa shape index (κ3) is 4.49. The van der Waals surface area contributed by atoms with Crippen molar-refractivity contribution in [2.45, 2.75) is 32.7 Å². The molecule has 0 radical (unpaired) electrons. The van der Waals surface area contributed by atoms with E-state index in [1.165, 1.54) is 12.5 Å². The number of nitrogens with zero attached hydrogens (tertiary/aromatic N) is 2. The van der Waals surface area contributed by atoms with Crippen LogP contribution in [0.1, 0.15) is 37.2 Å². The third-order valence-corrected chi connectivity index (χ3v) is 2.82. The van der Waals surface area contributed by atoms with E-state index < -0.39 is 11.7 Å². The first kappa shape index (κ1) is 15.9. The van der Waals surface area contributed by atoms with Gasteiger partial charge in [-0.05, 0) is 20.3 Å². The van der Waals surface area contributed by atoms with Crippen molar-refractivity contribution in [2.75, 3.05) is 6.54 Å². The Balaban J connectivity index is 2.39. The van der Waals surface area contributed by atoms with Gasteiger partial charge >= 0.3 is 0 Å². The van der Waals surface area contributed by atoms with E-state index in [1.54, 1.807) is 25.5 Å². The number of nitrogens with one attached hydrogen (secondary N) is 2. The lowest BCUT2D eigenvalue weighted by Gasteiger charge is -2.13. The minimum absolute atomic E-state index is 0.110. The van der Waals surface area contributed by atoms with Crippen LogP contribution in [0.5, 0.6) is 0 Å². The molecule has 7 heteroatoms. The monoisotopic (exact) mass is 280 g/mol. The van der Waals surface area contributed by atoms with E-state index in [4.69, 9.17) is 0 Å². The molecule has 110 valence electrons. The molecule has 0 spiro atoms. The Kier molecular flexibility index (Phi) is 5.89. The van der Waals surface area contributed by atoms with Crippen molar-refractivity contribution in [3.05, 3.63) is 18.2 Å². The summed E-state index contributed by atoms with van der Waals surface area (Å²) in [7, 11) is 1.73. The first-order chi connectivity index (χ1) is 9.45. The number of hydrogen-bond donors (Lipinski definition) is 2. The van der Waals surface area contributed by atoms with Gasteiger partial charge < -0.3 is 15.2 Å². The van der Waals surface area contributed by atoms with Crippen LogP contribution in [0.3, 0.4) is 0 Å². The van der Waals surface area contributed by atoms with Gasteiger partial charge in [0.1, 0.15) is 5.69 Å². The zero-order valence-electron chi connectivity index (χ0n) is 12.0. The van der Waals surface area contributed by atoms with Crippen LogP contribution in [0, 0.1) is 0 Å². The van der Waals surface area contributed by atoms with Gasteiger partial charge in [-0.3, -0.25) is 14.4 Å². The fourth-order valence-electron chi connectivity index (χ4n) is 1.67. The summed E-state index contributed by atoms with van der Waals surface area (Å²) < 4.78 is 1.61. The molecule has 0 aliphatic carbocycles. The first-order valence-corrected chi connectivity index (χ1v) is 6.53. The zero-order valence-corrected chi connectivity index (χ0v) is 12.0. The Morgan fingerprint density at radius 1 is 1.40 bits per heavy atom. The van der Waals surface area contributed by atoms with Crippen molar-refractivity contribution in [3.63, 3.8) is 0 Å². The van der Waals surface area contributed by atoms with Crippen molar-refractivity contribution in [1.29, 1.82) is 0 Å². The maximum atomic E-state index is 11.9. The molecule has 1 aromatic heterocycles. The Labute approximate surface area is 117 Å². The molecule has 1 aromatic rings. The lowest BCUT2D eigenvalue weighted by atomic mass is 10.1. The molecular weight excluding hydrogens is 260 g/mol. The fraction of sp³-hybridized carbons (Fsp3) is 0.538. The summed E-state index contributed by atoms with van der Waals surface area (Å²) >= 11 is 0. The van der Waals surface area contributed by atoms with E-state index in [-0.39, 0.29) is 18.4 Å². The van der Waals surface area contributed by atoms with E-state index in [0.717, 1.165) is 0 Å². The molecule has 7 nitrogen and oxygen atoms in total. The molecule has 2 amide bonds. The zero-order chi connectivity index (χ0) is 15.1. The van der Waals surface area contributed by atoms with Gasteiger partial charge in [0.05, 0.1) is 12.5 Å². The average molecular weight is 280 g/mol. The molecular formula is C13H20N4O3. The second-order valence-electron chi connectivity index (χ2n) is 4.59. The highest BCUT2D eigenvalue weighted by Crippen LogP contribution is 2.01. The molecule has 0 saturated heterocycles. The van der Waals surface area contributed by atoms with Gasteiger partial charge in [0, 0.05) is 26.1 Å². The minimum atomic E-state index is -0.572. The summed E-state index contributed by atoms with van der Waals surface area (Å²) in [6.07, 6.45) is 3.54. The lowest BCUT2D eigenvalue weighted by molar-refractivity contribution is -0.137. The summed E-state index contributed by atoms with van der Waals surface area (Å²) in [5.74, 6) is -1.28. The number of likely N-dealkylation sites (N-methyl/N-ethyl adjacent to an activating group) is 1. The van der Waals surface area contributed by atoms with Crippen LogP contribution in [0.2, 0.25) is 0 Å². The van der Waals surface area contributed by atoms with Crippen LogP contribution in [0.15, 0.2) is 12.5 Å². The van der Waals surface area contributed by atoms with Gasteiger partial charge in [0.25, 0.3) is 11.8 Å². The first-order valence-electron chi connectivity index (χ1n) is 6.53. The van der Waals surface area contributed by atoms with Crippen LogP contribution < -0.4 is 10.6 Å². The molecule has 0 saturated carbocycles. The molecule has 0 aliphatic rings. The van der Waals surface area contributed by atoms with Gasteiger partial charge in [0.15, 0.2) is 0 Å². The summed E-state index contributed by atoms with van der Waals surface area (Å²) in [6.45, 7) is 3.97. The maximum absolute atomic E-state index is 11.9. The molecule has 1 rings (SSSR count). The molecule has 1 unspecified atom stereocenters. The number of hydrogen-bond acceptors (Lipinski definition) is 4. The van der Waals surface area contributed by atoms with Crippen molar-refractivity contribution < 1.29 is 14.4 Å². The van der Waals surface area contributed by atoms with Crippen molar-refractivity contribution >= 4 is 17.6 Å². The highest BCUT2D eigenvalue weighted by atomic mass is 16.2. The summed E-state index contributed by atoms with van der Waals surface area (Å²) in [5.41, 5.74) is 0.451. The second kappa shape index (κ2) is 7.42. The largest absolute Gasteiger partial charge is 0.350 e. The standard InChI is InChI=1S/C13H20N4O3/c1-4-15-13(20)11(18)6-5-9(2)16-12(19)10-7-14-8-17(10)3/h7-9H,4-6H2,1-3H3,(H,15,20)(H,16,19). The molecule has 1 heterocycles. The SMILES string of the molecule is CCNC(=O)C(=O)CCC(C)NC(=O)c1cncn1C. The number of aromatic nitrogens is 2. The fourth-order valence-corrected chi connectivity index (χ4v) is 1.67. The smallest absolute Gasteiger partial charge is 0.287 e. The topological polar surface area (TPSA) is 93.1 Å². The number of aryl methyl sites for hydroxylation is 1. The van der Waals surface area contributed by atoms with E-state index in [9.17, 15) is 14.4 Å². The average Bonchev–Trinajstić information content (AvgIpc) is 2.82. The normalized spacial score (nSPS) is 11.8. The third-order valence-electron chi connectivity index (χ3n) is 2.82. The lowest BCUT2D eigenvalue weighted by Crippen LogP contribution is -2.35. The Morgan fingerprint density at radius 3 is 2.65 bits per heavy atom. The molecule has 0 fully saturated rings. The summed E-state index contributed by atoms with van der Waals surface area (Å²) in [5, 5.41) is 5.22.